The number of likely N-dealkylation sites (N-methyl/N-ethyl adjacent to an activating group) is 2. The second-order valence-electron chi connectivity index (χ2n) is 10.4. The molecule has 0 saturated carbocycles. The van der Waals surface area contributed by atoms with Crippen molar-refractivity contribution in [3.05, 3.63) is 16.1 Å². The number of aromatic nitrogens is 1. The summed E-state index contributed by atoms with van der Waals surface area (Å²) >= 11 is 1.20. The third-order valence-corrected chi connectivity index (χ3v) is 8.57. The van der Waals surface area contributed by atoms with E-state index in [1.54, 1.807) is 24.3 Å². The molecule has 1 aliphatic heterocycles. The molecule has 1 unspecified atom stereocenters. The lowest BCUT2D eigenvalue weighted by atomic mass is 9.91. The van der Waals surface area contributed by atoms with E-state index >= 15 is 0 Å². The summed E-state index contributed by atoms with van der Waals surface area (Å²) in [6.45, 7) is 12.7. The Labute approximate surface area is 219 Å². The summed E-state index contributed by atoms with van der Waals surface area (Å²) < 4.78 is 4.98. The first-order valence-electron chi connectivity index (χ1n) is 13.0. The molecule has 10 heteroatoms. The van der Waals surface area contributed by atoms with E-state index in [0.717, 1.165) is 25.8 Å². The van der Waals surface area contributed by atoms with E-state index in [-0.39, 0.29) is 48.4 Å². The summed E-state index contributed by atoms with van der Waals surface area (Å²) in [7, 11) is 3.68. The molecule has 204 valence electrons. The van der Waals surface area contributed by atoms with Gasteiger partial charge in [0.2, 0.25) is 11.8 Å². The largest absolute Gasteiger partial charge is 0.461 e. The Balaban J connectivity index is 2.19. The highest BCUT2D eigenvalue weighted by atomic mass is 32.1. The van der Waals surface area contributed by atoms with Crippen LogP contribution in [0, 0.1) is 11.8 Å². The van der Waals surface area contributed by atoms with E-state index in [9.17, 15) is 19.5 Å². The maximum atomic E-state index is 13.8. The van der Waals surface area contributed by atoms with Gasteiger partial charge in [0, 0.05) is 24.9 Å². The predicted molar refractivity (Wildman–Crippen MR) is 141 cm³/mol. The van der Waals surface area contributed by atoms with Gasteiger partial charge in [0.25, 0.3) is 0 Å². The lowest BCUT2D eigenvalue weighted by Gasteiger charge is -2.38. The van der Waals surface area contributed by atoms with E-state index in [4.69, 9.17) is 4.74 Å². The molecule has 5 atom stereocenters. The number of nitrogens with one attached hydrogen (secondary N) is 1. The van der Waals surface area contributed by atoms with E-state index in [2.05, 4.69) is 15.2 Å². The van der Waals surface area contributed by atoms with E-state index in [1.165, 1.54) is 11.3 Å². The molecule has 2 N–H and O–H groups in total. The van der Waals surface area contributed by atoms with Crippen molar-refractivity contribution in [3.8, 4) is 0 Å². The number of ether oxygens (including phenoxy) is 1. The van der Waals surface area contributed by atoms with Gasteiger partial charge in [-0.25, -0.2) is 9.78 Å². The van der Waals surface area contributed by atoms with Crippen molar-refractivity contribution < 1.29 is 24.2 Å². The van der Waals surface area contributed by atoms with Gasteiger partial charge in [0.05, 0.1) is 12.1 Å². The van der Waals surface area contributed by atoms with Crippen LogP contribution in [0.3, 0.4) is 0 Å². The van der Waals surface area contributed by atoms with Crippen LogP contribution in [-0.4, -0.2) is 82.5 Å². The molecule has 0 aromatic carbocycles. The monoisotopic (exact) mass is 524 g/mol. The Kier molecular flexibility index (Phi) is 10.9. The molecule has 0 radical (unpaired) electrons. The standard InChI is InChI=1S/C26H44N4O5S/c1-9-17(5)21(28-25(34)26(6)12-11-13-29(26)7)23(32)30(8)19(16(3)4)14-20(31)22-27-18(15-36-22)24(33)35-10-2/h15-17,19-21,31H,9-14H2,1-8H3,(H,28,34)/t17?,19-,20-,21+,26-/m1/s1. The van der Waals surface area contributed by atoms with Gasteiger partial charge in [-0.05, 0) is 52.1 Å². The molecule has 0 spiro atoms. The minimum Gasteiger partial charge on any atom is -0.461 e. The summed E-state index contributed by atoms with van der Waals surface area (Å²) in [5.41, 5.74) is -0.453. The van der Waals surface area contributed by atoms with Crippen molar-refractivity contribution in [2.75, 3.05) is 27.2 Å². The van der Waals surface area contributed by atoms with Gasteiger partial charge in [-0.3, -0.25) is 14.5 Å². The topological polar surface area (TPSA) is 112 Å². The molecule has 1 aromatic rings. The number of carbonyl (C=O) groups is 3. The Morgan fingerprint density at radius 3 is 2.50 bits per heavy atom. The molecular weight excluding hydrogens is 480 g/mol. The Bertz CT molecular complexity index is 907. The predicted octanol–water partition coefficient (Wildman–Crippen LogP) is 3.24. The first-order chi connectivity index (χ1) is 16.9. The summed E-state index contributed by atoms with van der Waals surface area (Å²) in [6, 6.07) is -0.956. The van der Waals surface area contributed by atoms with Crippen molar-refractivity contribution in [2.24, 2.45) is 11.8 Å². The van der Waals surface area contributed by atoms with Gasteiger partial charge in [-0.2, -0.15) is 0 Å². The molecule has 0 bridgehead atoms. The highest BCUT2D eigenvalue weighted by Gasteiger charge is 2.43. The van der Waals surface area contributed by atoms with Crippen LogP contribution >= 0.6 is 11.3 Å². The molecule has 9 nitrogen and oxygen atoms in total. The van der Waals surface area contributed by atoms with Gasteiger partial charge in [0.15, 0.2) is 5.69 Å². The molecule has 1 fully saturated rings. The quantitative estimate of drug-likeness (QED) is 0.404. The van der Waals surface area contributed by atoms with Gasteiger partial charge in [0.1, 0.15) is 17.2 Å². The van der Waals surface area contributed by atoms with Gasteiger partial charge in [-0.15, -0.1) is 11.3 Å². The van der Waals surface area contributed by atoms with Crippen LogP contribution in [0.15, 0.2) is 5.38 Å². The molecule has 1 aliphatic rings. The van der Waals surface area contributed by atoms with Crippen LogP contribution in [0.1, 0.15) is 88.8 Å². The number of amides is 2. The van der Waals surface area contributed by atoms with Crippen molar-refractivity contribution in [2.45, 2.75) is 91.0 Å². The fraction of sp³-hybridized carbons (Fsp3) is 0.769. The average molecular weight is 525 g/mol. The van der Waals surface area contributed by atoms with E-state index in [0.29, 0.717) is 5.01 Å². The molecule has 0 aliphatic carbocycles. The maximum absolute atomic E-state index is 13.8. The van der Waals surface area contributed by atoms with Gasteiger partial charge < -0.3 is 20.1 Å². The Morgan fingerprint density at radius 1 is 1.31 bits per heavy atom. The second-order valence-corrected chi connectivity index (χ2v) is 11.3. The number of hydrogen-bond acceptors (Lipinski definition) is 8. The first kappa shape index (κ1) is 30.2. The number of nitrogens with zero attached hydrogens (tertiary/aromatic N) is 3. The summed E-state index contributed by atoms with van der Waals surface area (Å²) in [5, 5.41) is 16.0. The van der Waals surface area contributed by atoms with Crippen LogP contribution in [0.2, 0.25) is 0 Å². The maximum Gasteiger partial charge on any atom is 0.357 e. The zero-order valence-electron chi connectivity index (χ0n) is 23.0. The van der Waals surface area contributed by atoms with Crippen molar-refractivity contribution in [1.29, 1.82) is 0 Å². The van der Waals surface area contributed by atoms with Crippen LogP contribution in [0.4, 0.5) is 0 Å². The smallest absolute Gasteiger partial charge is 0.357 e. The third kappa shape index (κ3) is 6.83. The summed E-state index contributed by atoms with van der Waals surface area (Å²) in [6.07, 6.45) is 1.77. The number of rotatable bonds is 12. The van der Waals surface area contributed by atoms with E-state index in [1.807, 2.05) is 41.7 Å². The van der Waals surface area contributed by atoms with Crippen molar-refractivity contribution >= 4 is 29.1 Å². The highest BCUT2D eigenvalue weighted by Crippen LogP contribution is 2.30. The van der Waals surface area contributed by atoms with Crippen molar-refractivity contribution in [1.82, 2.24) is 20.1 Å². The number of hydrogen-bond donors (Lipinski definition) is 2. The Morgan fingerprint density at radius 2 is 1.97 bits per heavy atom. The summed E-state index contributed by atoms with van der Waals surface area (Å²) in [5.74, 6) is -0.814. The van der Waals surface area contributed by atoms with E-state index < -0.39 is 23.7 Å². The van der Waals surface area contributed by atoms with Crippen LogP contribution in [-0.2, 0) is 14.3 Å². The molecule has 2 heterocycles. The number of aliphatic hydroxyl groups excluding tert-OH is 1. The van der Waals surface area contributed by atoms with Crippen LogP contribution < -0.4 is 5.32 Å². The normalized spacial score (nSPS) is 21.6. The number of esters is 1. The number of likely N-dealkylation sites (tertiary alicyclic amines) is 1. The minimum atomic E-state index is -0.941. The Hall–Kier alpha value is -2.04. The van der Waals surface area contributed by atoms with Crippen LogP contribution in [0.5, 0.6) is 0 Å². The molecule has 36 heavy (non-hydrogen) atoms. The number of aliphatic hydroxyl groups is 1. The molecule has 2 amide bonds. The average Bonchev–Trinajstić information content (AvgIpc) is 3.47. The zero-order chi connectivity index (χ0) is 27.2. The number of thiazole rings is 1. The summed E-state index contributed by atoms with van der Waals surface area (Å²) in [4.78, 5) is 47.0. The second kappa shape index (κ2) is 13.0. The molecular formula is C26H44N4O5S. The third-order valence-electron chi connectivity index (χ3n) is 7.63. The lowest BCUT2D eigenvalue weighted by Crippen LogP contribution is -2.60. The fourth-order valence-electron chi connectivity index (χ4n) is 4.69. The lowest BCUT2D eigenvalue weighted by molar-refractivity contribution is -0.142. The number of carbonyl (C=O) groups excluding carboxylic acids is 3. The minimum absolute atomic E-state index is 0.0462. The van der Waals surface area contributed by atoms with Crippen LogP contribution in [0.25, 0.3) is 0 Å². The zero-order valence-corrected chi connectivity index (χ0v) is 23.9. The van der Waals surface area contributed by atoms with Gasteiger partial charge in [-0.1, -0.05) is 34.1 Å². The first-order valence-corrected chi connectivity index (χ1v) is 13.8. The molecule has 1 aromatic heterocycles. The van der Waals surface area contributed by atoms with Gasteiger partial charge >= 0.3 is 5.97 Å². The SMILES string of the molecule is CCOC(=O)c1csc([C@H](O)C[C@H](C(C)C)N(C)C(=O)[C@@H](NC(=O)[C@@]2(C)CCCN2C)C(C)CC)n1. The molecule has 1 saturated heterocycles. The fourth-order valence-corrected chi connectivity index (χ4v) is 5.48. The highest BCUT2D eigenvalue weighted by molar-refractivity contribution is 7.09. The molecule has 2 rings (SSSR count). The van der Waals surface area contributed by atoms with Crippen molar-refractivity contribution in [3.63, 3.8) is 0 Å².